The molecule has 21 heavy (non-hydrogen) atoms. The smallest absolute Gasteiger partial charge is 0.326 e. The molecule has 0 atom stereocenters. The van der Waals surface area contributed by atoms with Crippen molar-refractivity contribution >= 4 is 11.0 Å². The molecular weight excluding hydrogens is 268 g/mol. The average molecular weight is 284 g/mol. The number of benzene rings is 2. The second kappa shape index (κ2) is 5.36. The molecule has 3 aromatic rings. The summed E-state index contributed by atoms with van der Waals surface area (Å²) >= 11 is 0. The summed E-state index contributed by atoms with van der Waals surface area (Å²) in [6.07, 6.45) is 0. The highest BCUT2D eigenvalue weighted by Gasteiger charge is 2.12. The molecule has 0 radical (unpaired) electrons. The number of ether oxygens (including phenoxy) is 2. The van der Waals surface area contributed by atoms with Crippen LogP contribution in [0.5, 0.6) is 11.5 Å². The minimum atomic E-state index is -0.155. The Balaban J connectivity index is 2.11. The zero-order chi connectivity index (χ0) is 14.8. The first kappa shape index (κ1) is 13.3. The van der Waals surface area contributed by atoms with E-state index in [0.29, 0.717) is 12.3 Å². The monoisotopic (exact) mass is 284 g/mol. The van der Waals surface area contributed by atoms with Gasteiger partial charge in [-0.1, -0.05) is 18.2 Å². The summed E-state index contributed by atoms with van der Waals surface area (Å²) < 4.78 is 12.2. The Kier molecular flexibility index (Phi) is 3.39. The van der Waals surface area contributed by atoms with Crippen molar-refractivity contribution in [2.45, 2.75) is 6.54 Å². The van der Waals surface area contributed by atoms with E-state index in [2.05, 4.69) is 4.98 Å². The van der Waals surface area contributed by atoms with Crippen LogP contribution < -0.4 is 15.2 Å². The van der Waals surface area contributed by atoms with Gasteiger partial charge in [-0.15, -0.1) is 0 Å². The average Bonchev–Trinajstić information content (AvgIpc) is 2.83. The molecule has 5 heteroatoms. The third-order valence-electron chi connectivity index (χ3n) is 3.45. The van der Waals surface area contributed by atoms with Crippen LogP contribution in [0.3, 0.4) is 0 Å². The van der Waals surface area contributed by atoms with Gasteiger partial charge in [-0.3, -0.25) is 4.57 Å². The first-order valence-corrected chi connectivity index (χ1v) is 6.61. The van der Waals surface area contributed by atoms with Gasteiger partial charge in [0.1, 0.15) is 17.0 Å². The molecule has 1 heterocycles. The van der Waals surface area contributed by atoms with Crippen molar-refractivity contribution in [2.75, 3.05) is 14.2 Å². The lowest BCUT2D eigenvalue weighted by Crippen LogP contribution is -2.17. The topological polar surface area (TPSA) is 56.2 Å². The molecule has 0 spiro atoms. The number of nitrogens with one attached hydrogen (secondary N) is 1. The molecule has 2 aromatic carbocycles. The van der Waals surface area contributed by atoms with E-state index in [1.165, 1.54) is 0 Å². The van der Waals surface area contributed by atoms with Crippen LogP contribution in [0.25, 0.3) is 11.0 Å². The van der Waals surface area contributed by atoms with E-state index in [4.69, 9.17) is 9.47 Å². The molecule has 0 saturated heterocycles. The van der Waals surface area contributed by atoms with Crippen molar-refractivity contribution in [3.05, 3.63) is 58.5 Å². The van der Waals surface area contributed by atoms with Crippen molar-refractivity contribution in [3.63, 3.8) is 0 Å². The summed E-state index contributed by atoms with van der Waals surface area (Å²) in [6, 6.07) is 13.2. The van der Waals surface area contributed by atoms with E-state index in [0.717, 1.165) is 22.3 Å². The third-order valence-corrected chi connectivity index (χ3v) is 3.45. The molecule has 3 rings (SSSR count). The van der Waals surface area contributed by atoms with E-state index < -0.39 is 0 Å². The van der Waals surface area contributed by atoms with Gasteiger partial charge in [0.25, 0.3) is 0 Å². The van der Waals surface area contributed by atoms with Crippen molar-refractivity contribution in [3.8, 4) is 11.5 Å². The van der Waals surface area contributed by atoms with Gasteiger partial charge < -0.3 is 14.5 Å². The number of para-hydroxylation sites is 1. The molecule has 0 amide bonds. The summed E-state index contributed by atoms with van der Waals surface area (Å²) in [5.74, 6) is 1.45. The van der Waals surface area contributed by atoms with E-state index in [9.17, 15) is 4.79 Å². The SMILES string of the molecule is COc1cccc(Cn2c(=O)[nH]c3cccc(OC)c32)c1. The highest BCUT2D eigenvalue weighted by molar-refractivity contribution is 5.82. The molecule has 5 nitrogen and oxygen atoms in total. The van der Waals surface area contributed by atoms with Crippen LogP contribution in [-0.2, 0) is 6.54 Å². The van der Waals surface area contributed by atoms with Crippen LogP contribution in [0.15, 0.2) is 47.3 Å². The second-order valence-electron chi connectivity index (χ2n) is 4.72. The Morgan fingerprint density at radius 2 is 1.90 bits per heavy atom. The van der Waals surface area contributed by atoms with Crippen molar-refractivity contribution < 1.29 is 9.47 Å². The number of rotatable bonds is 4. The largest absolute Gasteiger partial charge is 0.497 e. The Labute approximate surface area is 121 Å². The fourth-order valence-electron chi connectivity index (χ4n) is 2.45. The van der Waals surface area contributed by atoms with Gasteiger partial charge in [0, 0.05) is 0 Å². The molecule has 0 saturated carbocycles. The number of nitrogens with zero attached hydrogens (tertiary/aromatic N) is 1. The van der Waals surface area contributed by atoms with E-state index in [-0.39, 0.29) is 5.69 Å². The molecule has 108 valence electrons. The Morgan fingerprint density at radius 1 is 1.10 bits per heavy atom. The number of imidazole rings is 1. The maximum Gasteiger partial charge on any atom is 0.326 e. The number of aromatic amines is 1. The first-order chi connectivity index (χ1) is 10.2. The lowest BCUT2D eigenvalue weighted by molar-refractivity contribution is 0.414. The molecule has 1 aromatic heterocycles. The van der Waals surface area contributed by atoms with Gasteiger partial charge in [0.15, 0.2) is 0 Å². The number of fused-ring (bicyclic) bond motifs is 1. The van der Waals surface area contributed by atoms with Crippen molar-refractivity contribution in [1.29, 1.82) is 0 Å². The van der Waals surface area contributed by atoms with Crippen LogP contribution in [-0.4, -0.2) is 23.8 Å². The highest BCUT2D eigenvalue weighted by Crippen LogP contribution is 2.24. The van der Waals surface area contributed by atoms with E-state index in [1.54, 1.807) is 18.8 Å². The lowest BCUT2D eigenvalue weighted by Gasteiger charge is -2.08. The maximum atomic E-state index is 12.2. The van der Waals surface area contributed by atoms with Crippen LogP contribution in [0.1, 0.15) is 5.56 Å². The van der Waals surface area contributed by atoms with Gasteiger partial charge in [-0.25, -0.2) is 4.79 Å². The van der Waals surface area contributed by atoms with Crippen molar-refractivity contribution in [1.82, 2.24) is 9.55 Å². The zero-order valence-electron chi connectivity index (χ0n) is 11.9. The molecule has 0 aliphatic heterocycles. The standard InChI is InChI=1S/C16H16N2O3/c1-20-12-6-3-5-11(9-12)10-18-15-13(17-16(18)19)7-4-8-14(15)21-2/h3-9H,10H2,1-2H3,(H,17,19). The van der Waals surface area contributed by atoms with Gasteiger partial charge in [0.2, 0.25) is 0 Å². The predicted molar refractivity (Wildman–Crippen MR) is 81.2 cm³/mol. The maximum absolute atomic E-state index is 12.2. The summed E-state index contributed by atoms with van der Waals surface area (Å²) in [7, 11) is 3.22. The first-order valence-electron chi connectivity index (χ1n) is 6.61. The van der Waals surface area contributed by atoms with Crippen LogP contribution in [0, 0.1) is 0 Å². The van der Waals surface area contributed by atoms with E-state index >= 15 is 0 Å². The molecule has 1 N–H and O–H groups in total. The van der Waals surface area contributed by atoms with Crippen LogP contribution in [0.2, 0.25) is 0 Å². The third kappa shape index (κ3) is 2.38. The Bertz CT molecular complexity index is 833. The number of hydrogen-bond acceptors (Lipinski definition) is 3. The van der Waals surface area contributed by atoms with Crippen LogP contribution in [0.4, 0.5) is 0 Å². The predicted octanol–water partition coefficient (Wildman–Crippen LogP) is 2.40. The zero-order valence-corrected chi connectivity index (χ0v) is 11.9. The van der Waals surface area contributed by atoms with Crippen molar-refractivity contribution in [2.24, 2.45) is 0 Å². The summed E-state index contributed by atoms with van der Waals surface area (Å²) in [5.41, 5.74) is 2.37. The quantitative estimate of drug-likeness (QED) is 0.800. The number of hydrogen-bond donors (Lipinski definition) is 1. The van der Waals surface area contributed by atoms with Gasteiger partial charge in [0.05, 0.1) is 26.3 Å². The summed E-state index contributed by atoms with van der Waals surface area (Å²) in [6.45, 7) is 0.455. The molecule has 0 aliphatic rings. The Hall–Kier alpha value is -2.69. The number of methoxy groups -OCH3 is 2. The van der Waals surface area contributed by atoms with Crippen LogP contribution >= 0.6 is 0 Å². The minimum Gasteiger partial charge on any atom is -0.497 e. The fraction of sp³-hybridized carbons (Fsp3) is 0.188. The molecule has 0 fully saturated rings. The highest BCUT2D eigenvalue weighted by atomic mass is 16.5. The van der Waals surface area contributed by atoms with Gasteiger partial charge >= 0.3 is 5.69 Å². The minimum absolute atomic E-state index is 0.155. The van der Waals surface area contributed by atoms with Gasteiger partial charge in [-0.2, -0.15) is 0 Å². The number of aromatic nitrogens is 2. The number of H-pyrrole nitrogens is 1. The molecule has 0 unspecified atom stereocenters. The van der Waals surface area contributed by atoms with E-state index in [1.807, 2.05) is 42.5 Å². The molecule has 0 aliphatic carbocycles. The second-order valence-corrected chi connectivity index (χ2v) is 4.72. The molecular formula is C16H16N2O3. The van der Waals surface area contributed by atoms with Gasteiger partial charge in [-0.05, 0) is 29.8 Å². The normalized spacial score (nSPS) is 10.8. The molecule has 0 bridgehead atoms. The summed E-state index contributed by atoms with van der Waals surface area (Å²) in [5, 5.41) is 0. The lowest BCUT2D eigenvalue weighted by atomic mass is 10.2. The summed E-state index contributed by atoms with van der Waals surface area (Å²) in [4.78, 5) is 15.0. The Morgan fingerprint density at radius 3 is 2.67 bits per heavy atom. The fourth-order valence-corrected chi connectivity index (χ4v) is 2.45.